The number of halogens is 1. The van der Waals surface area contributed by atoms with Crippen LogP contribution in [-0.2, 0) is 24.9 Å². The minimum atomic E-state index is -3.16. The fourth-order valence-corrected chi connectivity index (χ4v) is 4.33. The Morgan fingerprint density at radius 1 is 1.17 bits per heavy atom. The van der Waals surface area contributed by atoms with Gasteiger partial charge in [0.05, 0.1) is 22.2 Å². The lowest BCUT2D eigenvalue weighted by Gasteiger charge is -2.32. The van der Waals surface area contributed by atoms with Crippen LogP contribution in [0.3, 0.4) is 0 Å². The molecule has 0 aromatic heterocycles. The standard InChI is InChI=1S/C16H22BFO4S/c1-15(2)16(3,4)22-17(21-15)13-8-5-11(9-14(13)18)10-23(19,20)12-6-7-12/h5,8-9,12H,6-7,10H2,1-4H3. The molecule has 1 aliphatic carbocycles. The zero-order valence-corrected chi connectivity index (χ0v) is 14.7. The smallest absolute Gasteiger partial charge is 0.399 e. The lowest BCUT2D eigenvalue weighted by atomic mass is 9.78. The molecule has 1 saturated carbocycles. The number of hydrogen-bond acceptors (Lipinski definition) is 4. The van der Waals surface area contributed by atoms with Crippen molar-refractivity contribution >= 4 is 22.4 Å². The molecule has 23 heavy (non-hydrogen) atoms. The SMILES string of the molecule is CC1(C)OB(c2ccc(CS(=O)(=O)C3CC3)cc2F)OC1(C)C. The molecule has 1 saturated heterocycles. The van der Waals surface area contributed by atoms with E-state index in [2.05, 4.69) is 0 Å². The summed E-state index contributed by atoms with van der Waals surface area (Å²) in [7, 11) is -3.94. The minimum absolute atomic E-state index is 0.113. The predicted molar refractivity (Wildman–Crippen MR) is 87.8 cm³/mol. The summed E-state index contributed by atoms with van der Waals surface area (Å²) in [5.41, 5.74) is -0.318. The van der Waals surface area contributed by atoms with Gasteiger partial charge < -0.3 is 9.31 Å². The maximum absolute atomic E-state index is 14.4. The van der Waals surface area contributed by atoms with Crippen LogP contribution in [0, 0.1) is 5.82 Å². The first kappa shape index (κ1) is 16.9. The van der Waals surface area contributed by atoms with Gasteiger partial charge in [-0.05, 0) is 52.2 Å². The molecule has 0 atom stereocenters. The summed E-state index contributed by atoms with van der Waals surface area (Å²) in [5, 5.41) is -0.242. The number of benzene rings is 1. The monoisotopic (exact) mass is 340 g/mol. The van der Waals surface area contributed by atoms with Gasteiger partial charge in [-0.25, -0.2) is 12.8 Å². The molecule has 1 aliphatic heterocycles. The highest BCUT2D eigenvalue weighted by Crippen LogP contribution is 2.36. The third kappa shape index (κ3) is 3.19. The third-order valence-electron chi connectivity index (χ3n) is 4.97. The van der Waals surface area contributed by atoms with E-state index in [1.165, 1.54) is 6.07 Å². The molecular formula is C16H22BFO4S. The average Bonchev–Trinajstić information content (AvgIpc) is 3.18. The van der Waals surface area contributed by atoms with Gasteiger partial charge in [0.1, 0.15) is 5.82 Å². The molecule has 7 heteroatoms. The van der Waals surface area contributed by atoms with Crippen molar-refractivity contribution in [3.8, 4) is 0 Å². The van der Waals surface area contributed by atoms with Crippen molar-refractivity contribution in [2.75, 3.05) is 0 Å². The zero-order valence-electron chi connectivity index (χ0n) is 13.9. The molecule has 1 heterocycles. The Morgan fingerprint density at radius 2 is 1.74 bits per heavy atom. The fourth-order valence-electron chi connectivity index (χ4n) is 2.60. The number of sulfone groups is 1. The van der Waals surface area contributed by atoms with Gasteiger partial charge in [-0.1, -0.05) is 12.1 Å². The van der Waals surface area contributed by atoms with Gasteiger partial charge in [-0.3, -0.25) is 0 Å². The van der Waals surface area contributed by atoms with Crippen LogP contribution in [0.2, 0.25) is 0 Å². The summed E-state index contributed by atoms with van der Waals surface area (Å²) >= 11 is 0. The van der Waals surface area contributed by atoms with E-state index in [1.807, 2.05) is 27.7 Å². The van der Waals surface area contributed by atoms with E-state index in [0.717, 1.165) is 12.8 Å². The minimum Gasteiger partial charge on any atom is -0.399 e. The predicted octanol–water partition coefficient (Wildman–Crippen LogP) is 2.20. The molecule has 0 radical (unpaired) electrons. The maximum atomic E-state index is 14.4. The molecular weight excluding hydrogens is 318 g/mol. The molecule has 2 fully saturated rings. The summed E-state index contributed by atoms with van der Waals surface area (Å²) < 4.78 is 50.1. The highest BCUT2D eigenvalue weighted by molar-refractivity contribution is 7.91. The summed E-state index contributed by atoms with van der Waals surface area (Å²) in [6.07, 6.45) is 1.44. The van der Waals surface area contributed by atoms with Crippen molar-refractivity contribution in [3.05, 3.63) is 29.6 Å². The quantitative estimate of drug-likeness (QED) is 0.789. The van der Waals surface area contributed by atoms with Crippen molar-refractivity contribution in [2.45, 2.75) is 62.7 Å². The molecule has 0 N–H and O–H groups in total. The third-order valence-corrected chi connectivity index (χ3v) is 7.19. The Morgan fingerprint density at radius 3 is 2.22 bits per heavy atom. The zero-order chi connectivity index (χ0) is 17.0. The van der Waals surface area contributed by atoms with Crippen LogP contribution in [0.15, 0.2) is 18.2 Å². The van der Waals surface area contributed by atoms with Gasteiger partial charge in [0.25, 0.3) is 0 Å². The van der Waals surface area contributed by atoms with Gasteiger partial charge in [0, 0.05) is 5.46 Å². The first-order valence-electron chi connectivity index (χ1n) is 7.87. The molecule has 0 unspecified atom stereocenters. The second-order valence-corrected chi connectivity index (χ2v) is 9.73. The van der Waals surface area contributed by atoms with Crippen molar-refractivity contribution in [2.24, 2.45) is 0 Å². The lowest BCUT2D eigenvalue weighted by Crippen LogP contribution is -2.41. The van der Waals surface area contributed by atoms with E-state index in [4.69, 9.17) is 9.31 Å². The molecule has 0 amide bonds. The second-order valence-electron chi connectivity index (χ2n) is 7.45. The van der Waals surface area contributed by atoms with Crippen LogP contribution in [0.4, 0.5) is 4.39 Å². The van der Waals surface area contributed by atoms with Crippen LogP contribution in [0.25, 0.3) is 0 Å². The van der Waals surface area contributed by atoms with Crippen LogP contribution < -0.4 is 5.46 Å². The topological polar surface area (TPSA) is 52.6 Å². The summed E-state index contributed by atoms with van der Waals surface area (Å²) in [4.78, 5) is 0. The van der Waals surface area contributed by atoms with Gasteiger partial charge >= 0.3 is 7.12 Å². The first-order chi connectivity index (χ1) is 10.5. The Balaban J connectivity index is 1.81. The molecule has 4 nitrogen and oxygen atoms in total. The molecule has 2 aliphatic rings. The fraction of sp³-hybridized carbons (Fsp3) is 0.625. The van der Waals surface area contributed by atoms with E-state index in [1.54, 1.807) is 12.1 Å². The van der Waals surface area contributed by atoms with Gasteiger partial charge in [0.15, 0.2) is 9.84 Å². The van der Waals surface area contributed by atoms with Gasteiger partial charge in [-0.2, -0.15) is 0 Å². The van der Waals surface area contributed by atoms with Crippen molar-refractivity contribution in [1.82, 2.24) is 0 Å². The molecule has 1 aromatic rings. The van der Waals surface area contributed by atoms with Gasteiger partial charge in [0.2, 0.25) is 0 Å². The van der Waals surface area contributed by atoms with E-state index in [0.29, 0.717) is 11.0 Å². The average molecular weight is 340 g/mol. The Labute approximate surface area is 137 Å². The largest absolute Gasteiger partial charge is 0.497 e. The van der Waals surface area contributed by atoms with E-state index in [-0.39, 0.29) is 11.0 Å². The van der Waals surface area contributed by atoms with Crippen molar-refractivity contribution < 1.29 is 22.1 Å². The normalized spacial score (nSPS) is 23.3. The lowest BCUT2D eigenvalue weighted by molar-refractivity contribution is 0.00578. The molecule has 0 spiro atoms. The van der Waals surface area contributed by atoms with Crippen molar-refractivity contribution in [1.29, 1.82) is 0 Å². The molecule has 1 aromatic carbocycles. The Hall–Kier alpha value is -0.915. The summed E-state index contributed by atoms with van der Waals surface area (Å²) in [6, 6.07) is 4.49. The highest BCUT2D eigenvalue weighted by Gasteiger charge is 2.52. The summed E-state index contributed by atoms with van der Waals surface area (Å²) in [6.45, 7) is 7.62. The Kier molecular flexibility index (Phi) is 3.90. The molecule has 0 bridgehead atoms. The summed E-state index contributed by atoms with van der Waals surface area (Å²) in [5.74, 6) is -0.606. The Bertz CT molecular complexity index is 710. The van der Waals surface area contributed by atoms with Crippen LogP contribution >= 0.6 is 0 Å². The number of hydrogen-bond donors (Lipinski definition) is 0. The number of rotatable bonds is 4. The second kappa shape index (κ2) is 5.29. The van der Waals surface area contributed by atoms with E-state index < -0.39 is 34.0 Å². The van der Waals surface area contributed by atoms with Gasteiger partial charge in [-0.15, -0.1) is 0 Å². The maximum Gasteiger partial charge on any atom is 0.497 e. The first-order valence-corrected chi connectivity index (χ1v) is 9.59. The van der Waals surface area contributed by atoms with Crippen LogP contribution in [-0.4, -0.2) is 32.0 Å². The van der Waals surface area contributed by atoms with Crippen LogP contribution in [0.5, 0.6) is 0 Å². The highest BCUT2D eigenvalue weighted by atomic mass is 32.2. The van der Waals surface area contributed by atoms with Crippen molar-refractivity contribution in [3.63, 3.8) is 0 Å². The molecule has 126 valence electrons. The van der Waals surface area contributed by atoms with Crippen LogP contribution in [0.1, 0.15) is 46.1 Å². The van der Waals surface area contributed by atoms with E-state index in [9.17, 15) is 12.8 Å². The van der Waals surface area contributed by atoms with E-state index >= 15 is 0 Å². The molecule has 3 rings (SSSR count).